The first-order valence-electron chi connectivity index (χ1n) is 4.86. The predicted octanol–water partition coefficient (Wildman–Crippen LogP) is 3.31. The average Bonchev–Trinajstić information content (AvgIpc) is 2.77. The highest BCUT2D eigenvalue weighted by Crippen LogP contribution is 2.29. The number of halogens is 3. The molecule has 0 unspecified atom stereocenters. The number of anilines is 1. The Hall–Kier alpha value is -1.89. The van der Waals surface area contributed by atoms with Crippen molar-refractivity contribution >= 4 is 22.4 Å². The summed E-state index contributed by atoms with van der Waals surface area (Å²) in [7, 11) is 0. The van der Waals surface area contributed by atoms with E-state index in [0.29, 0.717) is 4.88 Å². The van der Waals surface area contributed by atoms with Gasteiger partial charge in [0.2, 0.25) is 0 Å². The van der Waals surface area contributed by atoms with Gasteiger partial charge in [-0.1, -0.05) is 41.7 Å². The van der Waals surface area contributed by atoms with E-state index in [-0.39, 0.29) is 5.13 Å². The van der Waals surface area contributed by atoms with Crippen molar-refractivity contribution in [2.75, 3.05) is 5.32 Å². The Kier molecular flexibility index (Phi) is 3.33. The molecule has 18 heavy (non-hydrogen) atoms. The van der Waals surface area contributed by atoms with Gasteiger partial charge in [-0.25, -0.2) is 4.98 Å². The van der Waals surface area contributed by atoms with E-state index in [1.807, 2.05) is 30.3 Å². The maximum Gasteiger partial charge on any atom is 0.471 e. The maximum absolute atomic E-state index is 12.0. The number of carbonyl (C=O) groups is 1. The normalized spacial score (nSPS) is 11.3. The Morgan fingerprint density at radius 1 is 1.22 bits per heavy atom. The summed E-state index contributed by atoms with van der Waals surface area (Å²) < 4.78 is 36.1. The summed E-state index contributed by atoms with van der Waals surface area (Å²) in [6.07, 6.45) is -3.48. The lowest BCUT2D eigenvalue weighted by molar-refractivity contribution is -0.167. The molecule has 0 radical (unpaired) electrons. The van der Waals surface area contributed by atoms with E-state index in [1.54, 1.807) is 5.32 Å². The van der Waals surface area contributed by atoms with Gasteiger partial charge in [-0.2, -0.15) is 13.2 Å². The van der Waals surface area contributed by atoms with Gasteiger partial charge >= 0.3 is 12.1 Å². The second kappa shape index (κ2) is 4.77. The molecule has 0 saturated heterocycles. The number of hydrogen-bond acceptors (Lipinski definition) is 3. The molecule has 0 saturated carbocycles. The molecule has 0 aliphatic heterocycles. The molecule has 1 heterocycles. The van der Waals surface area contributed by atoms with Gasteiger partial charge in [0.05, 0.1) is 4.88 Å². The average molecular weight is 272 g/mol. The molecule has 0 fully saturated rings. The Morgan fingerprint density at radius 2 is 1.89 bits per heavy atom. The third-order valence-electron chi connectivity index (χ3n) is 2.04. The van der Waals surface area contributed by atoms with Gasteiger partial charge in [-0.05, 0) is 5.56 Å². The van der Waals surface area contributed by atoms with Crippen LogP contribution >= 0.6 is 11.3 Å². The van der Waals surface area contributed by atoms with Crippen LogP contribution in [0, 0.1) is 0 Å². The molecule has 1 amide bonds. The highest BCUT2D eigenvalue weighted by molar-refractivity contribution is 7.19. The van der Waals surface area contributed by atoms with Crippen LogP contribution in [0.5, 0.6) is 0 Å². The van der Waals surface area contributed by atoms with Crippen molar-refractivity contribution in [3.63, 3.8) is 0 Å². The van der Waals surface area contributed by atoms with Gasteiger partial charge in [0.15, 0.2) is 5.13 Å². The topological polar surface area (TPSA) is 42.0 Å². The van der Waals surface area contributed by atoms with Gasteiger partial charge in [-0.3, -0.25) is 10.1 Å². The summed E-state index contributed by atoms with van der Waals surface area (Å²) in [4.78, 5) is 15.1. The molecule has 0 bridgehead atoms. The lowest BCUT2D eigenvalue weighted by Gasteiger charge is -2.04. The van der Waals surface area contributed by atoms with Gasteiger partial charge < -0.3 is 0 Å². The Morgan fingerprint density at radius 3 is 2.50 bits per heavy atom. The first-order chi connectivity index (χ1) is 8.47. The van der Waals surface area contributed by atoms with Crippen LogP contribution in [0.3, 0.4) is 0 Å². The second-order valence-corrected chi connectivity index (χ2v) is 4.38. The van der Waals surface area contributed by atoms with E-state index in [0.717, 1.165) is 16.9 Å². The van der Waals surface area contributed by atoms with Crippen LogP contribution in [0.4, 0.5) is 18.3 Å². The molecule has 0 aliphatic carbocycles. The van der Waals surface area contributed by atoms with Gasteiger partial charge in [-0.15, -0.1) is 0 Å². The molecule has 2 rings (SSSR count). The van der Waals surface area contributed by atoms with E-state index in [9.17, 15) is 18.0 Å². The minimum atomic E-state index is -4.90. The highest BCUT2D eigenvalue weighted by atomic mass is 32.1. The zero-order valence-electron chi connectivity index (χ0n) is 8.86. The zero-order valence-corrected chi connectivity index (χ0v) is 9.68. The fourth-order valence-corrected chi connectivity index (χ4v) is 2.05. The first-order valence-corrected chi connectivity index (χ1v) is 5.68. The molecular formula is C11H7F3N2OS. The molecule has 1 aromatic heterocycles. The molecule has 1 aromatic carbocycles. The summed E-state index contributed by atoms with van der Waals surface area (Å²) in [5, 5.41) is 1.64. The van der Waals surface area contributed by atoms with E-state index in [4.69, 9.17) is 0 Å². The van der Waals surface area contributed by atoms with Crippen LogP contribution in [-0.4, -0.2) is 17.1 Å². The molecule has 94 valence electrons. The molecule has 0 spiro atoms. The fraction of sp³-hybridized carbons (Fsp3) is 0.0909. The summed E-state index contributed by atoms with van der Waals surface area (Å²) in [5.41, 5.74) is 0.836. The second-order valence-electron chi connectivity index (χ2n) is 3.35. The largest absolute Gasteiger partial charge is 0.471 e. The van der Waals surface area contributed by atoms with Crippen LogP contribution < -0.4 is 5.32 Å². The Bertz CT molecular complexity index is 551. The minimum Gasteiger partial charge on any atom is -0.294 e. The molecule has 2 aromatic rings. The van der Waals surface area contributed by atoms with E-state index < -0.39 is 12.1 Å². The Labute approximate surface area is 104 Å². The van der Waals surface area contributed by atoms with E-state index in [1.165, 1.54) is 6.20 Å². The van der Waals surface area contributed by atoms with Crippen LogP contribution in [0.1, 0.15) is 0 Å². The smallest absolute Gasteiger partial charge is 0.294 e. The van der Waals surface area contributed by atoms with Crippen LogP contribution in [-0.2, 0) is 4.79 Å². The molecule has 0 aliphatic rings. The maximum atomic E-state index is 12.0. The third kappa shape index (κ3) is 2.86. The molecular weight excluding hydrogens is 265 g/mol. The van der Waals surface area contributed by atoms with Crippen molar-refractivity contribution in [3.05, 3.63) is 36.5 Å². The van der Waals surface area contributed by atoms with Crippen molar-refractivity contribution in [1.82, 2.24) is 4.98 Å². The van der Waals surface area contributed by atoms with Crippen molar-refractivity contribution in [2.45, 2.75) is 6.18 Å². The van der Waals surface area contributed by atoms with Crippen molar-refractivity contribution in [1.29, 1.82) is 0 Å². The number of aromatic nitrogens is 1. The van der Waals surface area contributed by atoms with Crippen molar-refractivity contribution < 1.29 is 18.0 Å². The number of thiazole rings is 1. The fourth-order valence-electron chi connectivity index (χ4n) is 1.24. The number of hydrogen-bond donors (Lipinski definition) is 1. The summed E-state index contributed by atoms with van der Waals surface area (Å²) >= 11 is 0.987. The summed E-state index contributed by atoms with van der Waals surface area (Å²) in [6.45, 7) is 0. The summed E-state index contributed by atoms with van der Waals surface area (Å²) in [6, 6.07) is 9.06. The van der Waals surface area contributed by atoms with E-state index >= 15 is 0 Å². The monoisotopic (exact) mass is 272 g/mol. The number of alkyl halides is 3. The lowest BCUT2D eigenvalue weighted by Crippen LogP contribution is -2.29. The van der Waals surface area contributed by atoms with Crippen LogP contribution in [0.15, 0.2) is 36.5 Å². The van der Waals surface area contributed by atoms with Crippen molar-refractivity contribution in [2.24, 2.45) is 0 Å². The zero-order chi connectivity index (χ0) is 13.2. The van der Waals surface area contributed by atoms with Crippen LogP contribution in [0.25, 0.3) is 10.4 Å². The number of amides is 1. The summed E-state index contributed by atoms with van der Waals surface area (Å²) in [5.74, 6) is -2.02. The van der Waals surface area contributed by atoms with Gasteiger partial charge in [0.25, 0.3) is 0 Å². The van der Waals surface area contributed by atoms with Crippen LogP contribution in [0.2, 0.25) is 0 Å². The molecule has 0 atom stereocenters. The number of nitrogens with one attached hydrogen (secondary N) is 1. The first kappa shape index (κ1) is 12.6. The third-order valence-corrected chi connectivity index (χ3v) is 3.00. The number of rotatable bonds is 2. The van der Waals surface area contributed by atoms with Gasteiger partial charge in [0, 0.05) is 6.20 Å². The number of benzene rings is 1. The quantitative estimate of drug-likeness (QED) is 0.911. The van der Waals surface area contributed by atoms with E-state index in [2.05, 4.69) is 4.98 Å². The molecule has 1 N–H and O–H groups in total. The standard InChI is InChI=1S/C11H7F3N2OS/c12-11(13,14)9(17)16-10-15-6-8(18-10)7-4-2-1-3-5-7/h1-6H,(H,15,16,17). The molecule has 3 nitrogen and oxygen atoms in total. The van der Waals surface area contributed by atoms with Gasteiger partial charge in [0.1, 0.15) is 0 Å². The lowest BCUT2D eigenvalue weighted by atomic mass is 10.2. The molecule has 7 heteroatoms. The minimum absolute atomic E-state index is 0.0730. The Balaban J connectivity index is 2.15. The van der Waals surface area contributed by atoms with Crippen molar-refractivity contribution in [3.8, 4) is 10.4 Å². The predicted molar refractivity (Wildman–Crippen MR) is 62.2 cm³/mol. The highest BCUT2D eigenvalue weighted by Gasteiger charge is 2.39. The number of nitrogens with zero attached hydrogens (tertiary/aromatic N) is 1. The SMILES string of the molecule is O=C(Nc1ncc(-c2ccccc2)s1)C(F)(F)F. The number of carbonyl (C=O) groups excluding carboxylic acids is 1.